The van der Waals surface area contributed by atoms with E-state index < -0.39 is 0 Å². The molecule has 0 radical (unpaired) electrons. The van der Waals surface area contributed by atoms with E-state index in [2.05, 4.69) is 74.9 Å². The second-order valence-electron chi connectivity index (χ2n) is 6.90. The van der Waals surface area contributed by atoms with Crippen molar-refractivity contribution in [3.05, 3.63) is 59.8 Å². The number of aryl methyl sites for hydroxylation is 1. The fourth-order valence-corrected chi connectivity index (χ4v) is 3.30. The van der Waals surface area contributed by atoms with Gasteiger partial charge in [-0.25, -0.2) is 0 Å². The average Bonchev–Trinajstić information content (AvgIpc) is 3.21. The highest BCUT2D eigenvalue weighted by atomic mass is 15.3. The Kier molecular flexibility index (Phi) is 4.87. The van der Waals surface area contributed by atoms with Crippen LogP contribution in [0.3, 0.4) is 0 Å². The zero-order valence-electron chi connectivity index (χ0n) is 15.7. The van der Waals surface area contributed by atoms with Crippen LogP contribution in [-0.4, -0.2) is 28.3 Å². The third kappa shape index (κ3) is 4.00. The van der Waals surface area contributed by atoms with Crippen LogP contribution in [0.4, 0.5) is 28.8 Å². The number of aromatic nitrogens is 3. The monoisotopic (exact) mass is 360 g/mol. The molecule has 27 heavy (non-hydrogen) atoms. The van der Waals surface area contributed by atoms with E-state index in [0.717, 1.165) is 24.5 Å². The maximum atomic E-state index is 4.53. The van der Waals surface area contributed by atoms with Crippen molar-refractivity contribution in [1.82, 2.24) is 15.2 Å². The van der Waals surface area contributed by atoms with E-state index in [-0.39, 0.29) is 0 Å². The molecule has 0 amide bonds. The molecule has 6 heteroatoms. The normalized spacial score (nSPS) is 13.6. The molecule has 2 heterocycles. The fraction of sp³-hybridized carbons (Fsp3) is 0.286. The number of rotatable bonds is 5. The molecule has 1 fully saturated rings. The molecule has 1 aliphatic heterocycles. The average molecular weight is 360 g/mol. The van der Waals surface area contributed by atoms with E-state index in [0.29, 0.717) is 11.8 Å². The Balaban J connectivity index is 1.47. The summed E-state index contributed by atoms with van der Waals surface area (Å²) >= 11 is 0. The fourth-order valence-electron chi connectivity index (χ4n) is 3.30. The van der Waals surface area contributed by atoms with Crippen LogP contribution in [0.5, 0.6) is 0 Å². The lowest BCUT2D eigenvalue weighted by Crippen LogP contribution is -2.17. The predicted molar refractivity (Wildman–Crippen MR) is 110 cm³/mol. The van der Waals surface area contributed by atoms with Gasteiger partial charge < -0.3 is 15.5 Å². The highest BCUT2D eigenvalue weighted by Gasteiger charge is 2.12. The smallest absolute Gasteiger partial charge is 0.249 e. The zero-order valence-corrected chi connectivity index (χ0v) is 15.7. The molecule has 4 rings (SSSR count). The van der Waals surface area contributed by atoms with Gasteiger partial charge in [-0.2, -0.15) is 10.1 Å². The van der Waals surface area contributed by atoms with E-state index in [1.807, 2.05) is 12.1 Å². The second kappa shape index (κ2) is 7.61. The van der Waals surface area contributed by atoms with Crippen molar-refractivity contribution in [3.8, 4) is 0 Å². The second-order valence-corrected chi connectivity index (χ2v) is 6.90. The van der Waals surface area contributed by atoms with E-state index in [1.54, 1.807) is 6.20 Å². The minimum atomic E-state index is 0.474. The Bertz CT molecular complexity index is 916. The summed E-state index contributed by atoms with van der Waals surface area (Å²) < 4.78 is 0. The molecule has 1 aromatic heterocycles. The Labute approximate surface area is 159 Å². The maximum Gasteiger partial charge on any atom is 0.249 e. The third-order valence-corrected chi connectivity index (χ3v) is 5.02. The SMILES string of the molecule is Cc1cccc(Nc2nncc(Nc3ccc(N4CCCC4)cc3)n2)c1C. The molecule has 0 saturated carbocycles. The van der Waals surface area contributed by atoms with Gasteiger partial charge in [-0.3, -0.25) is 0 Å². The van der Waals surface area contributed by atoms with Crippen LogP contribution < -0.4 is 15.5 Å². The molecule has 2 aromatic carbocycles. The van der Waals surface area contributed by atoms with Crippen LogP contribution in [0.1, 0.15) is 24.0 Å². The molecule has 0 aliphatic carbocycles. The number of anilines is 5. The summed E-state index contributed by atoms with van der Waals surface area (Å²) in [5, 5.41) is 14.7. The molecular formula is C21H24N6. The first-order valence-corrected chi connectivity index (χ1v) is 9.34. The molecule has 6 nitrogen and oxygen atoms in total. The lowest BCUT2D eigenvalue weighted by atomic mass is 10.1. The summed E-state index contributed by atoms with van der Waals surface area (Å²) in [6.07, 6.45) is 4.19. The van der Waals surface area contributed by atoms with Crippen LogP contribution >= 0.6 is 0 Å². The van der Waals surface area contributed by atoms with Gasteiger partial charge in [0, 0.05) is 30.2 Å². The van der Waals surface area contributed by atoms with E-state index in [1.165, 1.54) is 29.7 Å². The van der Waals surface area contributed by atoms with Crippen molar-refractivity contribution in [3.63, 3.8) is 0 Å². The highest BCUT2D eigenvalue weighted by molar-refractivity contribution is 5.63. The molecule has 0 atom stereocenters. The van der Waals surface area contributed by atoms with Gasteiger partial charge in [0.05, 0.1) is 6.20 Å². The summed E-state index contributed by atoms with van der Waals surface area (Å²) in [5.41, 5.74) is 5.65. The number of nitrogens with zero attached hydrogens (tertiary/aromatic N) is 4. The van der Waals surface area contributed by atoms with Gasteiger partial charge in [0.2, 0.25) is 5.95 Å². The first kappa shape index (κ1) is 17.3. The number of hydrogen-bond acceptors (Lipinski definition) is 6. The van der Waals surface area contributed by atoms with Crippen molar-refractivity contribution < 1.29 is 0 Å². The Morgan fingerprint density at radius 1 is 0.926 bits per heavy atom. The summed E-state index contributed by atoms with van der Waals surface area (Å²) in [4.78, 5) is 6.95. The van der Waals surface area contributed by atoms with Crippen molar-refractivity contribution in [1.29, 1.82) is 0 Å². The largest absolute Gasteiger partial charge is 0.372 e. The van der Waals surface area contributed by atoms with E-state index in [9.17, 15) is 0 Å². The molecule has 0 spiro atoms. The molecule has 2 N–H and O–H groups in total. The summed E-state index contributed by atoms with van der Waals surface area (Å²) in [6, 6.07) is 14.6. The lowest BCUT2D eigenvalue weighted by Gasteiger charge is -2.17. The zero-order chi connectivity index (χ0) is 18.6. The van der Waals surface area contributed by atoms with Crippen molar-refractivity contribution in [2.45, 2.75) is 26.7 Å². The van der Waals surface area contributed by atoms with Crippen LogP contribution in [0.15, 0.2) is 48.7 Å². The molecule has 1 aliphatic rings. The van der Waals surface area contributed by atoms with E-state index >= 15 is 0 Å². The van der Waals surface area contributed by atoms with Gasteiger partial charge in [-0.05, 0) is 68.1 Å². The lowest BCUT2D eigenvalue weighted by molar-refractivity contribution is 0.949. The standard InChI is InChI=1S/C21H24N6/c1-15-6-5-7-19(16(15)2)24-21-25-20(14-22-26-21)23-17-8-10-18(11-9-17)27-12-3-4-13-27/h5-11,14H,3-4,12-13H2,1-2H3,(H2,23,24,25,26). The Hall–Kier alpha value is -3.15. The van der Waals surface area contributed by atoms with Crippen molar-refractivity contribution >= 4 is 28.8 Å². The Morgan fingerprint density at radius 2 is 1.70 bits per heavy atom. The summed E-state index contributed by atoms with van der Waals surface area (Å²) in [6.45, 7) is 6.46. The van der Waals surface area contributed by atoms with Gasteiger partial charge in [0.15, 0.2) is 5.82 Å². The summed E-state index contributed by atoms with van der Waals surface area (Å²) in [5.74, 6) is 1.13. The number of nitrogens with one attached hydrogen (secondary N) is 2. The quantitative estimate of drug-likeness (QED) is 0.694. The molecule has 0 bridgehead atoms. The first-order chi connectivity index (χ1) is 13.2. The molecule has 0 unspecified atom stereocenters. The van der Waals surface area contributed by atoms with Crippen LogP contribution in [0.2, 0.25) is 0 Å². The van der Waals surface area contributed by atoms with E-state index in [4.69, 9.17) is 0 Å². The van der Waals surface area contributed by atoms with Crippen LogP contribution in [-0.2, 0) is 0 Å². The molecular weight excluding hydrogens is 336 g/mol. The predicted octanol–water partition coefficient (Wildman–Crippen LogP) is 4.58. The first-order valence-electron chi connectivity index (χ1n) is 9.34. The molecule has 138 valence electrons. The van der Waals surface area contributed by atoms with Gasteiger partial charge in [-0.15, -0.1) is 5.10 Å². The molecule has 3 aromatic rings. The van der Waals surface area contributed by atoms with Gasteiger partial charge in [0.25, 0.3) is 0 Å². The van der Waals surface area contributed by atoms with Crippen LogP contribution in [0, 0.1) is 13.8 Å². The summed E-state index contributed by atoms with van der Waals surface area (Å²) in [7, 11) is 0. The third-order valence-electron chi connectivity index (χ3n) is 5.02. The van der Waals surface area contributed by atoms with Gasteiger partial charge in [-0.1, -0.05) is 12.1 Å². The number of hydrogen-bond donors (Lipinski definition) is 2. The Morgan fingerprint density at radius 3 is 2.48 bits per heavy atom. The van der Waals surface area contributed by atoms with Gasteiger partial charge in [0.1, 0.15) is 0 Å². The molecule has 1 saturated heterocycles. The minimum Gasteiger partial charge on any atom is -0.372 e. The highest BCUT2D eigenvalue weighted by Crippen LogP contribution is 2.24. The number of benzene rings is 2. The topological polar surface area (TPSA) is 66.0 Å². The maximum absolute atomic E-state index is 4.53. The van der Waals surface area contributed by atoms with Crippen LogP contribution in [0.25, 0.3) is 0 Å². The van der Waals surface area contributed by atoms with Gasteiger partial charge >= 0.3 is 0 Å². The minimum absolute atomic E-state index is 0.474. The van der Waals surface area contributed by atoms with Crippen molar-refractivity contribution in [2.24, 2.45) is 0 Å². The van der Waals surface area contributed by atoms with Crippen molar-refractivity contribution in [2.75, 3.05) is 28.6 Å².